The number of ether oxygens (including phenoxy) is 1. The highest BCUT2D eigenvalue weighted by atomic mass is 32.1. The largest absolute Gasteiger partial charge is 0.375 e. The van der Waals surface area contributed by atoms with E-state index in [-0.39, 0.29) is 0 Å². The van der Waals surface area contributed by atoms with Crippen molar-refractivity contribution in [3.8, 4) is 0 Å². The van der Waals surface area contributed by atoms with Crippen molar-refractivity contribution in [1.29, 1.82) is 0 Å². The number of rotatable bonds is 1. The summed E-state index contributed by atoms with van der Waals surface area (Å²) in [5, 5.41) is 1.03. The third kappa shape index (κ3) is 1.29. The van der Waals surface area contributed by atoms with Gasteiger partial charge < -0.3 is 10.5 Å². The molecule has 0 amide bonds. The van der Waals surface area contributed by atoms with Crippen molar-refractivity contribution >= 4 is 11.3 Å². The van der Waals surface area contributed by atoms with Gasteiger partial charge in [0, 0.05) is 17.8 Å². The molecule has 4 heteroatoms. The van der Waals surface area contributed by atoms with Crippen LogP contribution in [0.2, 0.25) is 0 Å². The van der Waals surface area contributed by atoms with Crippen LogP contribution < -0.4 is 5.73 Å². The first kappa shape index (κ1) is 7.21. The molecule has 0 atom stereocenters. The van der Waals surface area contributed by atoms with E-state index in [4.69, 9.17) is 10.5 Å². The minimum atomic E-state index is 0.553. The maximum atomic E-state index is 5.47. The van der Waals surface area contributed by atoms with Gasteiger partial charge in [0.1, 0.15) is 5.01 Å². The summed E-state index contributed by atoms with van der Waals surface area (Å²) < 4.78 is 5.26. The summed E-state index contributed by atoms with van der Waals surface area (Å²) in [6, 6.07) is 0. The first-order valence-electron chi connectivity index (χ1n) is 3.65. The number of fused-ring (bicyclic) bond motifs is 1. The Hall–Kier alpha value is -0.450. The molecular formula is C7H10N2OS. The molecule has 2 heterocycles. The van der Waals surface area contributed by atoms with Gasteiger partial charge in [-0.05, 0) is 0 Å². The van der Waals surface area contributed by atoms with Gasteiger partial charge in [-0.25, -0.2) is 4.98 Å². The first-order chi connectivity index (χ1) is 5.40. The lowest BCUT2D eigenvalue weighted by Gasteiger charge is -2.08. The van der Waals surface area contributed by atoms with Crippen LogP contribution in [0.4, 0.5) is 0 Å². The van der Waals surface area contributed by atoms with E-state index in [1.807, 2.05) is 0 Å². The lowest BCUT2D eigenvalue weighted by Crippen LogP contribution is -2.07. The molecular weight excluding hydrogens is 160 g/mol. The van der Waals surface area contributed by atoms with E-state index in [9.17, 15) is 0 Å². The number of nitrogens with two attached hydrogens (primary N) is 1. The number of nitrogens with zero attached hydrogens (tertiary/aromatic N) is 1. The average molecular weight is 170 g/mol. The summed E-state index contributed by atoms with van der Waals surface area (Å²) in [6.45, 7) is 2.06. The number of aromatic nitrogens is 1. The number of thiazole rings is 1. The predicted octanol–water partition coefficient (Wildman–Crippen LogP) is 0.674. The summed E-state index contributed by atoms with van der Waals surface area (Å²) in [4.78, 5) is 5.70. The second-order valence-corrected chi connectivity index (χ2v) is 3.65. The lowest BCUT2D eigenvalue weighted by molar-refractivity contribution is 0.109. The Kier molecular flexibility index (Phi) is 1.89. The maximum Gasteiger partial charge on any atom is 0.107 e. The Morgan fingerprint density at radius 1 is 1.64 bits per heavy atom. The van der Waals surface area contributed by atoms with Gasteiger partial charge in [0.25, 0.3) is 0 Å². The van der Waals surface area contributed by atoms with Crippen molar-refractivity contribution in [2.45, 2.75) is 19.6 Å². The van der Waals surface area contributed by atoms with Crippen LogP contribution in [0.5, 0.6) is 0 Å². The quantitative estimate of drug-likeness (QED) is 0.674. The normalized spacial score (nSPS) is 16.5. The zero-order valence-corrected chi connectivity index (χ0v) is 6.99. The van der Waals surface area contributed by atoms with E-state index in [1.54, 1.807) is 11.3 Å². The van der Waals surface area contributed by atoms with Gasteiger partial charge in [-0.3, -0.25) is 0 Å². The van der Waals surface area contributed by atoms with Gasteiger partial charge in [0.05, 0.1) is 18.9 Å². The van der Waals surface area contributed by atoms with Crippen LogP contribution in [0.3, 0.4) is 0 Å². The molecule has 0 saturated heterocycles. The molecule has 0 bridgehead atoms. The van der Waals surface area contributed by atoms with Crippen LogP contribution in [0, 0.1) is 0 Å². The highest BCUT2D eigenvalue weighted by molar-refractivity contribution is 7.11. The summed E-state index contributed by atoms with van der Waals surface area (Å²) in [5.74, 6) is 0. The molecule has 0 radical (unpaired) electrons. The number of hydrogen-bond acceptors (Lipinski definition) is 4. The fourth-order valence-electron chi connectivity index (χ4n) is 1.17. The van der Waals surface area contributed by atoms with Crippen LogP contribution in [0.25, 0.3) is 0 Å². The molecule has 0 unspecified atom stereocenters. The topological polar surface area (TPSA) is 48.1 Å². The number of hydrogen-bond donors (Lipinski definition) is 1. The Morgan fingerprint density at radius 3 is 3.27 bits per heavy atom. The second kappa shape index (κ2) is 2.89. The van der Waals surface area contributed by atoms with Crippen LogP contribution >= 0.6 is 11.3 Å². The summed E-state index contributed by atoms with van der Waals surface area (Å²) in [6.07, 6.45) is 1.01. The zero-order valence-electron chi connectivity index (χ0n) is 6.17. The molecule has 2 rings (SSSR count). The van der Waals surface area contributed by atoms with Crippen molar-refractivity contribution < 1.29 is 4.74 Å². The summed E-state index contributed by atoms with van der Waals surface area (Å²) in [7, 11) is 0. The molecule has 0 spiro atoms. The van der Waals surface area contributed by atoms with E-state index in [2.05, 4.69) is 4.98 Å². The maximum absolute atomic E-state index is 5.47. The van der Waals surface area contributed by atoms with E-state index in [0.717, 1.165) is 23.7 Å². The van der Waals surface area contributed by atoms with Crippen LogP contribution in [0.15, 0.2) is 0 Å². The second-order valence-electron chi connectivity index (χ2n) is 2.48. The molecule has 0 saturated carbocycles. The van der Waals surface area contributed by atoms with Crippen molar-refractivity contribution in [1.82, 2.24) is 4.98 Å². The van der Waals surface area contributed by atoms with Crippen molar-refractivity contribution in [2.75, 3.05) is 6.61 Å². The van der Waals surface area contributed by atoms with Crippen molar-refractivity contribution in [2.24, 2.45) is 5.73 Å². The minimum absolute atomic E-state index is 0.553. The third-order valence-corrected chi connectivity index (χ3v) is 2.89. The molecule has 1 aromatic heterocycles. The Labute approximate surface area is 69.2 Å². The van der Waals surface area contributed by atoms with Crippen LogP contribution in [-0.2, 0) is 24.3 Å². The van der Waals surface area contributed by atoms with Gasteiger partial charge in [-0.1, -0.05) is 0 Å². The van der Waals surface area contributed by atoms with E-state index < -0.39 is 0 Å². The molecule has 0 aliphatic carbocycles. The van der Waals surface area contributed by atoms with Gasteiger partial charge in [0.2, 0.25) is 0 Å². The molecule has 0 fully saturated rings. The highest BCUT2D eigenvalue weighted by Gasteiger charge is 2.14. The van der Waals surface area contributed by atoms with Gasteiger partial charge in [0.15, 0.2) is 0 Å². The molecule has 2 N–H and O–H groups in total. The fourth-order valence-corrected chi connectivity index (χ4v) is 2.10. The van der Waals surface area contributed by atoms with Crippen LogP contribution in [0.1, 0.15) is 15.6 Å². The Bertz CT molecular complexity index is 235. The molecule has 1 aromatic rings. The third-order valence-electron chi connectivity index (χ3n) is 1.71. The van der Waals surface area contributed by atoms with Gasteiger partial charge in [-0.2, -0.15) is 0 Å². The van der Waals surface area contributed by atoms with E-state index in [1.165, 1.54) is 4.88 Å². The standard InChI is InChI=1S/C7H10N2OS/c8-3-7-9-5-4-10-2-1-6(5)11-7/h1-4,8H2. The summed E-state index contributed by atoms with van der Waals surface area (Å²) in [5.41, 5.74) is 6.57. The van der Waals surface area contributed by atoms with Crippen LogP contribution in [-0.4, -0.2) is 11.6 Å². The molecule has 11 heavy (non-hydrogen) atoms. The summed E-state index contributed by atoms with van der Waals surface area (Å²) >= 11 is 1.72. The lowest BCUT2D eigenvalue weighted by atomic mass is 10.3. The van der Waals surface area contributed by atoms with Crippen molar-refractivity contribution in [3.63, 3.8) is 0 Å². The minimum Gasteiger partial charge on any atom is -0.375 e. The average Bonchev–Trinajstić information content (AvgIpc) is 2.46. The van der Waals surface area contributed by atoms with E-state index in [0.29, 0.717) is 13.2 Å². The molecule has 0 aromatic carbocycles. The van der Waals surface area contributed by atoms with E-state index >= 15 is 0 Å². The monoisotopic (exact) mass is 170 g/mol. The van der Waals surface area contributed by atoms with Gasteiger partial charge in [-0.15, -0.1) is 11.3 Å². The molecule has 1 aliphatic heterocycles. The predicted molar refractivity (Wildman–Crippen MR) is 43.4 cm³/mol. The smallest absolute Gasteiger partial charge is 0.107 e. The van der Waals surface area contributed by atoms with Crippen molar-refractivity contribution in [3.05, 3.63) is 15.6 Å². The Morgan fingerprint density at radius 2 is 2.55 bits per heavy atom. The molecule has 1 aliphatic rings. The Balaban J connectivity index is 2.32. The highest BCUT2D eigenvalue weighted by Crippen LogP contribution is 2.22. The van der Waals surface area contributed by atoms with Gasteiger partial charge >= 0.3 is 0 Å². The SMILES string of the molecule is NCc1nc2c(s1)CCOC2. The molecule has 60 valence electrons. The first-order valence-corrected chi connectivity index (χ1v) is 4.47. The molecule has 3 nitrogen and oxygen atoms in total. The zero-order chi connectivity index (χ0) is 7.68. The fraction of sp³-hybridized carbons (Fsp3) is 0.571.